The molecule has 2 atom stereocenters. The Kier molecular flexibility index (Phi) is 6.09. The molecule has 0 aromatic heterocycles. The van der Waals surface area contributed by atoms with E-state index in [1.54, 1.807) is 4.90 Å². The first-order chi connectivity index (χ1) is 8.41. The average Bonchev–Trinajstić information content (AvgIpc) is 2.29. The molecule has 106 valence electrons. The van der Waals surface area contributed by atoms with Gasteiger partial charge >= 0.3 is 0 Å². The number of hydrogen-bond donors (Lipinski definition) is 1. The van der Waals surface area contributed by atoms with Crippen LogP contribution in [0.4, 0.5) is 0 Å². The van der Waals surface area contributed by atoms with Gasteiger partial charge in [0.2, 0.25) is 5.91 Å². The number of aliphatic hydroxyl groups excluding tert-OH is 1. The van der Waals surface area contributed by atoms with Crippen molar-refractivity contribution in [2.75, 3.05) is 20.1 Å². The Bertz CT molecular complexity index is 267. The van der Waals surface area contributed by atoms with E-state index in [9.17, 15) is 9.90 Å². The second-order valence-electron chi connectivity index (χ2n) is 5.80. The van der Waals surface area contributed by atoms with Crippen LogP contribution in [0.3, 0.4) is 0 Å². The zero-order valence-corrected chi connectivity index (χ0v) is 12.2. The Hall–Kier alpha value is -0.610. The molecule has 4 nitrogen and oxygen atoms in total. The number of likely N-dealkylation sites (N-methyl/N-ethyl adjacent to an activating group) is 1. The van der Waals surface area contributed by atoms with Gasteiger partial charge in [0.15, 0.2) is 0 Å². The van der Waals surface area contributed by atoms with Gasteiger partial charge in [-0.1, -0.05) is 6.42 Å². The van der Waals surface area contributed by atoms with Crippen molar-refractivity contribution in [1.82, 2.24) is 9.80 Å². The first-order valence-electron chi connectivity index (χ1n) is 7.09. The molecule has 0 saturated carbocycles. The third-order valence-electron chi connectivity index (χ3n) is 3.87. The first-order valence-corrected chi connectivity index (χ1v) is 7.09. The van der Waals surface area contributed by atoms with Gasteiger partial charge in [-0.05, 0) is 46.6 Å². The quantitative estimate of drug-likeness (QED) is 0.810. The van der Waals surface area contributed by atoms with Gasteiger partial charge in [0.25, 0.3) is 0 Å². The Morgan fingerprint density at radius 3 is 2.61 bits per heavy atom. The molecule has 0 aromatic rings. The molecule has 0 aromatic carbocycles. The van der Waals surface area contributed by atoms with Crippen LogP contribution in [0.1, 0.15) is 46.5 Å². The molecule has 18 heavy (non-hydrogen) atoms. The summed E-state index contributed by atoms with van der Waals surface area (Å²) in [6.45, 7) is 7.36. The van der Waals surface area contributed by atoms with Gasteiger partial charge < -0.3 is 10.0 Å². The van der Waals surface area contributed by atoms with Crippen LogP contribution in [0.15, 0.2) is 0 Å². The van der Waals surface area contributed by atoms with Gasteiger partial charge in [-0.2, -0.15) is 0 Å². The van der Waals surface area contributed by atoms with E-state index < -0.39 is 0 Å². The molecular formula is C14H28N2O2. The minimum Gasteiger partial charge on any atom is -0.393 e. The molecule has 1 N–H and O–H groups in total. The van der Waals surface area contributed by atoms with Gasteiger partial charge in [0.05, 0.1) is 12.6 Å². The van der Waals surface area contributed by atoms with Gasteiger partial charge in [0.1, 0.15) is 0 Å². The predicted molar refractivity (Wildman–Crippen MR) is 73.4 cm³/mol. The van der Waals surface area contributed by atoms with E-state index in [-0.39, 0.29) is 18.1 Å². The summed E-state index contributed by atoms with van der Waals surface area (Å²) in [5, 5.41) is 9.53. The van der Waals surface area contributed by atoms with E-state index in [0.29, 0.717) is 12.6 Å². The Labute approximate surface area is 111 Å². The lowest BCUT2D eigenvalue weighted by molar-refractivity contribution is -0.133. The zero-order chi connectivity index (χ0) is 13.7. The van der Waals surface area contributed by atoms with Crippen LogP contribution in [0.2, 0.25) is 0 Å². The van der Waals surface area contributed by atoms with Crippen LogP contribution in [0.25, 0.3) is 0 Å². The van der Waals surface area contributed by atoms with Crippen LogP contribution < -0.4 is 0 Å². The fourth-order valence-corrected chi connectivity index (χ4v) is 2.50. The molecule has 1 heterocycles. The number of rotatable bonds is 5. The highest BCUT2D eigenvalue weighted by molar-refractivity contribution is 5.78. The van der Waals surface area contributed by atoms with Crippen molar-refractivity contribution in [2.45, 2.75) is 64.6 Å². The van der Waals surface area contributed by atoms with Crippen molar-refractivity contribution in [3.8, 4) is 0 Å². The smallest absolute Gasteiger partial charge is 0.236 e. The molecule has 1 aliphatic heterocycles. The number of piperidine rings is 1. The van der Waals surface area contributed by atoms with Gasteiger partial charge in [-0.3, -0.25) is 9.69 Å². The molecule has 0 bridgehead atoms. The highest BCUT2D eigenvalue weighted by atomic mass is 16.3. The largest absolute Gasteiger partial charge is 0.393 e. The fourth-order valence-electron chi connectivity index (χ4n) is 2.50. The summed E-state index contributed by atoms with van der Waals surface area (Å²) in [5.41, 5.74) is 0. The van der Waals surface area contributed by atoms with Crippen molar-refractivity contribution in [3.63, 3.8) is 0 Å². The van der Waals surface area contributed by atoms with Crippen molar-refractivity contribution >= 4 is 5.91 Å². The van der Waals surface area contributed by atoms with Gasteiger partial charge in [0, 0.05) is 19.1 Å². The number of nitrogens with zero attached hydrogens (tertiary/aromatic N) is 2. The topological polar surface area (TPSA) is 43.8 Å². The second-order valence-corrected chi connectivity index (χ2v) is 5.80. The summed E-state index contributed by atoms with van der Waals surface area (Å²) < 4.78 is 0. The van der Waals surface area contributed by atoms with Crippen LogP contribution in [0.5, 0.6) is 0 Å². The average molecular weight is 256 g/mol. The maximum Gasteiger partial charge on any atom is 0.236 e. The number of amides is 1. The number of aliphatic hydroxyl groups is 1. The highest BCUT2D eigenvalue weighted by Gasteiger charge is 2.26. The third-order valence-corrected chi connectivity index (χ3v) is 3.87. The molecule has 0 aliphatic carbocycles. The summed E-state index contributed by atoms with van der Waals surface area (Å²) in [7, 11) is 1.86. The number of carbonyl (C=O) groups is 1. The Morgan fingerprint density at radius 2 is 2.06 bits per heavy atom. The molecule has 1 amide bonds. The zero-order valence-electron chi connectivity index (χ0n) is 12.2. The molecule has 0 radical (unpaired) electrons. The van der Waals surface area contributed by atoms with Crippen LogP contribution in [-0.2, 0) is 4.79 Å². The SMILES string of the molecule is CC(O)CC1CCCCN1CC(=O)N(C)C(C)C. The van der Waals surface area contributed by atoms with Crippen LogP contribution in [-0.4, -0.2) is 59.1 Å². The summed E-state index contributed by atoms with van der Waals surface area (Å²) >= 11 is 0. The number of hydrogen-bond acceptors (Lipinski definition) is 3. The molecule has 1 aliphatic rings. The summed E-state index contributed by atoms with van der Waals surface area (Å²) in [6.07, 6.45) is 3.97. The lowest BCUT2D eigenvalue weighted by Gasteiger charge is -2.37. The lowest BCUT2D eigenvalue weighted by Crippen LogP contribution is -2.48. The van der Waals surface area contributed by atoms with Gasteiger partial charge in [-0.15, -0.1) is 0 Å². The van der Waals surface area contributed by atoms with E-state index in [1.165, 1.54) is 6.42 Å². The van der Waals surface area contributed by atoms with Crippen LogP contribution in [0, 0.1) is 0 Å². The van der Waals surface area contributed by atoms with Crippen molar-refractivity contribution < 1.29 is 9.90 Å². The van der Waals surface area contributed by atoms with Crippen molar-refractivity contribution in [3.05, 3.63) is 0 Å². The molecule has 2 unspecified atom stereocenters. The standard InChI is InChI=1S/C14H28N2O2/c1-11(2)15(4)14(18)10-16-8-6-5-7-13(16)9-12(3)17/h11-13,17H,5-10H2,1-4H3. The molecule has 4 heteroatoms. The van der Waals surface area contributed by atoms with E-state index in [2.05, 4.69) is 4.90 Å². The lowest BCUT2D eigenvalue weighted by atomic mass is 9.97. The Morgan fingerprint density at radius 1 is 1.39 bits per heavy atom. The Balaban J connectivity index is 2.53. The normalized spacial score (nSPS) is 23.1. The third kappa shape index (κ3) is 4.58. The monoisotopic (exact) mass is 256 g/mol. The predicted octanol–water partition coefficient (Wildman–Crippen LogP) is 1.48. The summed E-state index contributed by atoms with van der Waals surface area (Å²) in [6, 6.07) is 0.612. The minimum absolute atomic E-state index is 0.183. The van der Waals surface area contributed by atoms with E-state index in [0.717, 1.165) is 25.8 Å². The number of likely N-dealkylation sites (tertiary alicyclic amines) is 1. The minimum atomic E-state index is -0.284. The van der Waals surface area contributed by atoms with Crippen molar-refractivity contribution in [1.29, 1.82) is 0 Å². The molecule has 1 rings (SSSR count). The fraction of sp³-hybridized carbons (Fsp3) is 0.929. The van der Waals surface area contributed by atoms with E-state index in [1.807, 2.05) is 27.8 Å². The molecule has 1 fully saturated rings. The molecule has 1 saturated heterocycles. The maximum atomic E-state index is 12.1. The van der Waals surface area contributed by atoms with E-state index in [4.69, 9.17) is 0 Å². The van der Waals surface area contributed by atoms with E-state index >= 15 is 0 Å². The van der Waals surface area contributed by atoms with Crippen molar-refractivity contribution in [2.24, 2.45) is 0 Å². The summed E-state index contributed by atoms with van der Waals surface area (Å²) in [4.78, 5) is 16.2. The molecular weight excluding hydrogens is 228 g/mol. The second kappa shape index (κ2) is 7.10. The van der Waals surface area contributed by atoms with Gasteiger partial charge in [-0.25, -0.2) is 0 Å². The number of carbonyl (C=O) groups excluding carboxylic acids is 1. The van der Waals surface area contributed by atoms with Crippen LogP contribution >= 0.6 is 0 Å². The summed E-state index contributed by atoms with van der Waals surface area (Å²) in [5.74, 6) is 0.183. The maximum absolute atomic E-state index is 12.1. The molecule has 0 spiro atoms. The highest BCUT2D eigenvalue weighted by Crippen LogP contribution is 2.20. The first kappa shape index (κ1) is 15.4.